The van der Waals surface area contributed by atoms with Gasteiger partial charge in [0.25, 0.3) is 0 Å². The smallest absolute Gasteiger partial charge is 0.162 e. The zero-order valence-electron chi connectivity index (χ0n) is 13.9. The molecule has 0 saturated heterocycles. The third-order valence-corrected chi connectivity index (χ3v) is 5.01. The van der Waals surface area contributed by atoms with E-state index in [0.29, 0.717) is 18.4 Å². The van der Waals surface area contributed by atoms with E-state index in [2.05, 4.69) is 27.6 Å². The molecule has 0 aliphatic carbocycles. The topological polar surface area (TPSA) is 78.0 Å². The average molecular weight is 335 g/mol. The number of hydrogen-bond donors (Lipinski definition) is 3. The number of benzene rings is 2. The van der Waals surface area contributed by atoms with Crippen LogP contribution in [0.2, 0.25) is 0 Å². The number of hydrogen-bond acceptors (Lipinski definition) is 4. The van der Waals surface area contributed by atoms with Crippen molar-refractivity contribution in [1.29, 1.82) is 0 Å². The third kappa shape index (κ3) is 3.34. The molecule has 1 aromatic heterocycles. The summed E-state index contributed by atoms with van der Waals surface area (Å²) in [7, 11) is 0. The van der Waals surface area contributed by atoms with E-state index in [9.17, 15) is 9.90 Å². The second-order valence-electron chi connectivity index (χ2n) is 6.66. The van der Waals surface area contributed by atoms with E-state index in [4.69, 9.17) is 0 Å². The summed E-state index contributed by atoms with van der Waals surface area (Å²) in [6.07, 6.45) is 2.78. The number of ketones is 1. The molecule has 0 saturated carbocycles. The van der Waals surface area contributed by atoms with Crippen LogP contribution in [0.5, 0.6) is 0 Å². The molecule has 0 fully saturated rings. The number of fused-ring (bicyclic) bond motifs is 2. The van der Waals surface area contributed by atoms with Crippen molar-refractivity contribution in [3.05, 3.63) is 65.4 Å². The molecule has 5 nitrogen and oxygen atoms in total. The first-order valence-electron chi connectivity index (χ1n) is 8.65. The minimum atomic E-state index is -0.532. The van der Waals surface area contributed by atoms with Crippen molar-refractivity contribution in [3.8, 4) is 0 Å². The Bertz CT molecular complexity index is 903. The van der Waals surface area contributed by atoms with Crippen molar-refractivity contribution in [2.45, 2.75) is 38.0 Å². The summed E-state index contributed by atoms with van der Waals surface area (Å²) in [4.78, 5) is 12.4. The minimum absolute atomic E-state index is 0.000876. The van der Waals surface area contributed by atoms with Crippen molar-refractivity contribution in [3.63, 3.8) is 0 Å². The van der Waals surface area contributed by atoms with Crippen LogP contribution in [0.15, 0.2) is 48.7 Å². The molecule has 0 spiro atoms. The monoisotopic (exact) mass is 335 g/mol. The van der Waals surface area contributed by atoms with Gasteiger partial charge in [0, 0.05) is 30.0 Å². The Hall–Kier alpha value is -2.50. The molecule has 3 N–H and O–H groups in total. The second-order valence-corrected chi connectivity index (χ2v) is 6.66. The van der Waals surface area contributed by atoms with Crippen LogP contribution in [0.1, 0.15) is 34.3 Å². The van der Waals surface area contributed by atoms with Crippen LogP contribution >= 0.6 is 0 Å². The Kier molecular flexibility index (Phi) is 4.34. The summed E-state index contributed by atoms with van der Waals surface area (Å²) in [6.45, 7) is 0.767. The van der Waals surface area contributed by atoms with Crippen LogP contribution in [0.25, 0.3) is 10.9 Å². The Morgan fingerprint density at radius 1 is 1.24 bits per heavy atom. The highest BCUT2D eigenvalue weighted by Crippen LogP contribution is 2.20. The summed E-state index contributed by atoms with van der Waals surface area (Å²) in [5.41, 5.74) is 4.15. The number of aromatic nitrogens is 2. The molecule has 2 aromatic carbocycles. The first kappa shape index (κ1) is 16.0. The zero-order valence-corrected chi connectivity index (χ0v) is 13.9. The zero-order chi connectivity index (χ0) is 17.2. The maximum atomic E-state index is 12.4. The van der Waals surface area contributed by atoms with Gasteiger partial charge in [-0.25, -0.2) is 0 Å². The van der Waals surface area contributed by atoms with Crippen LogP contribution in [-0.2, 0) is 13.0 Å². The number of aliphatic hydroxyl groups is 1. The van der Waals surface area contributed by atoms with Crippen molar-refractivity contribution in [2.24, 2.45) is 0 Å². The molecule has 3 aromatic rings. The van der Waals surface area contributed by atoms with Crippen LogP contribution in [0.4, 0.5) is 0 Å². The van der Waals surface area contributed by atoms with Gasteiger partial charge in [-0.1, -0.05) is 24.3 Å². The molecule has 25 heavy (non-hydrogen) atoms. The van der Waals surface area contributed by atoms with E-state index in [1.807, 2.05) is 30.3 Å². The van der Waals surface area contributed by atoms with Gasteiger partial charge in [0.1, 0.15) is 0 Å². The maximum Gasteiger partial charge on any atom is 0.162 e. The molecule has 2 heterocycles. The van der Waals surface area contributed by atoms with Gasteiger partial charge in [0.05, 0.1) is 17.8 Å². The molecule has 0 radical (unpaired) electrons. The van der Waals surface area contributed by atoms with E-state index in [-0.39, 0.29) is 11.8 Å². The van der Waals surface area contributed by atoms with E-state index in [1.165, 1.54) is 11.1 Å². The van der Waals surface area contributed by atoms with Crippen molar-refractivity contribution >= 4 is 16.7 Å². The second kappa shape index (κ2) is 6.78. The summed E-state index contributed by atoms with van der Waals surface area (Å²) in [5.74, 6) is 0.0540. The Balaban J connectivity index is 1.37. The molecule has 0 amide bonds. The van der Waals surface area contributed by atoms with Crippen LogP contribution in [-0.4, -0.2) is 33.2 Å². The molecular weight excluding hydrogens is 314 g/mol. The van der Waals surface area contributed by atoms with Crippen LogP contribution < -0.4 is 5.32 Å². The Labute approximate surface area is 146 Å². The van der Waals surface area contributed by atoms with Gasteiger partial charge in [-0.2, -0.15) is 5.10 Å². The Morgan fingerprint density at radius 3 is 2.96 bits per heavy atom. The summed E-state index contributed by atoms with van der Waals surface area (Å²) < 4.78 is 0. The fourth-order valence-corrected chi connectivity index (χ4v) is 3.49. The van der Waals surface area contributed by atoms with Crippen molar-refractivity contribution in [2.75, 3.05) is 0 Å². The standard InChI is InChI=1S/C20H21N3O2/c24-19(14-5-6-17-16(9-14)12-22-23-17)7-8-20(25)18-10-13-3-1-2-4-15(13)11-21-18/h1-6,9,12,18,20-21,25H,7-8,10-11H2,(H,22,23)/t18-,20+/m0/s1. The fraction of sp³-hybridized carbons (Fsp3) is 0.300. The van der Waals surface area contributed by atoms with Crippen molar-refractivity contribution < 1.29 is 9.90 Å². The number of carbonyl (C=O) groups is 1. The lowest BCUT2D eigenvalue weighted by Crippen LogP contribution is -2.44. The van der Waals surface area contributed by atoms with Gasteiger partial charge in [-0.05, 0) is 42.2 Å². The normalized spacial score (nSPS) is 18.0. The lowest BCUT2D eigenvalue weighted by atomic mass is 9.90. The number of nitrogens with zero attached hydrogens (tertiary/aromatic N) is 1. The molecule has 4 rings (SSSR count). The third-order valence-electron chi connectivity index (χ3n) is 5.01. The number of Topliss-reactive ketones (excluding diaryl/α,β-unsaturated/α-hetero) is 1. The van der Waals surface area contributed by atoms with Gasteiger partial charge in [-0.15, -0.1) is 0 Å². The molecular formula is C20H21N3O2. The van der Waals surface area contributed by atoms with Gasteiger partial charge < -0.3 is 10.4 Å². The van der Waals surface area contributed by atoms with E-state index in [1.54, 1.807) is 6.20 Å². The first-order valence-corrected chi connectivity index (χ1v) is 8.65. The maximum absolute atomic E-state index is 12.4. The van der Waals surface area contributed by atoms with Crippen molar-refractivity contribution in [1.82, 2.24) is 15.5 Å². The highest BCUT2D eigenvalue weighted by Gasteiger charge is 2.24. The number of aromatic amines is 1. The minimum Gasteiger partial charge on any atom is -0.391 e. The first-order chi connectivity index (χ1) is 12.2. The van der Waals surface area contributed by atoms with Gasteiger partial charge in [-0.3, -0.25) is 9.89 Å². The summed E-state index contributed by atoms with van der Waals surface area (Å²) >= 11 is 0. The number of carbonyl (C=O) groups excluding carboxylic acids is 1. The predicted octanol–water partition coefficient (Wildman–Crippen LogP) is 2.60. The quantitative estimate of drug-likeness (QED) is 0.626. The SMILES string of the molecule is O=C(CC[C@@H](O)[C@@H]1Cc2ccccc2CN1)c1ccc2[nH]ncc2c1. The van der Waals surface area contributed by atoms with Crippen LogP contribution in [0.3, 0.4) is 0 Å². The highest BCUT2D eigenvalue weighted by atomic mass is 16.3. The van der Waals surface area contributed by atoms with E-state index < -0.39 is 6.10 Å². The lowest BCUT2D eigenvalue weighted by Gasteiger charge is -2.29. The number of nitrogens with one attached hydrogen (secondary N) is 2. The molecule has 1 aliphatic heterocycles. The lowest BCUT2D eigenvalue weighted by molar-refractivity contribution is 0.0877. The van der Waals surface area contributed by atoms with E-state index >= 15 is 0 Å². The number of H-pyrrole nitrogens is 1. The predicted molar refractivity (Wildman–Crippen MR) is 96.4 cm³/mol. The molecule has 5 heteroatoms. The van der Waals surface area contributed by atoms with Gasteiger partial charge in [0.15, 0.2) is 5.78 Å². The molecule has 2 atom stereocenters. The largest absolute Gasteiger partial charge is 0.391 e. The number of rotatable bonds is 5. The highest BCUT2D eigenvalue weighted by molar-refractivity contribution is 5.99. The van der Waals surface area contributed by atoms with Gasteiger partial charge >= 0.3 is 0 Å². The molecule has 0 unspecified atom stereocenters. The molecule has 1 aliphatic rings. The number of aliphatic hydroxyl groups excluding tert-OH is 1. The molecule has 0 bridgehead atoms. The molecule has 128 valence electrons. The summed E-state index contributed by atoms with van der Waals surface area (Å²) in [5, 5.41) is 21.7. The fourth-order valence-electron chi connectivity index (χ4n) is 3.49. The van der Waals surface area contributed by atoms with E-state index in [0.717, 1.165) is 23.9 Å². The Morgan fingerprint density at radius 2 is 2.08 bits per heavy atom. The summed E-state index contributed by atoms with van der Waals surface area (Å²) in [6, 6.07) is 13.8. The van der Waals surface area contributed by atoms with Crippen LogP contribution in [0, 0.1) is 0 Å². The average Bonchev–Trinajstić information content (AvgIpc) is 3.13. The van der Waals surface area contributed by atoms with Gasteiger partial charge in [0.2, 0.25) is 0 Å².